The molecule has 0 rings (SSSR count). The van der Waals surface area contributed by atoms with Crippen molar-refractivity contribution in [3.05, 3.63) is 122 Å². The van der Waals surface area contributed by atoms with Gasteiger partial charge < -0.3 is 14.2 Å². The highest BCUT2D eigenvalue weighted by molar-refractivity contribution is 5.71. The molecule has 0 aromatic rings. The zero-order chi connectivity index (χ0) is 55.0. The van der Waals surface area contributed by atoms with Crippen molar-refractivity contribution in [1.29, 1.82) is 0 Å². The first kappa shape index (κ1) is 71.8. The molecule has 1 atom stereocenters. The molecule has 0 aliphatic carbocycles. The van der Waals surface area contributed by atoms with Gasteiger partial charge in [-0.25, -0.2) is 0 Å². The van der Waals surface area contributed by atoms with E-state index in [4.69, 9.17) is 14.2 Å². The van der Waals surface area contributed by atoms with Crippen molar-refractivity contribution in [2.24, 2.45) is 0 Å². The van der Waals surface area contributed by atoms with Crippen molar-refractivity contribution in [1.82, 2.24) is 0 Å². The van der Waals surface area contributed by atoms with Crippen LogP contribution in [-0.4, -0.2) is 37.2 Å². The number of hydrogen-bond acceptors (Lipinski definition) is 6. The Balaban J connectivity index is 4.44. The summed E-state index contributed by atoms with van der Waals surface area (Å²) in [6.45, 7) is 6.36. The average molecular weight is 1050 g/mol. The second kappa shape index (κ2) is 63.3. The summed E-state index contributed by atoms with van der Waals surface area (Å²) in [5, 5.41) is 0. The van der Waals surface area contributed by atoms with Crippen LogP contribution in [0.3, 0.4) is 0 Å². The van der Waals surface area contributed by atoms with Crippen molar-refractivity contribution >= 4 is 17.9 Å². The molecule has 6 heteroatoms. The van der Waals surface area contributed by atoms with Gasteiger partial charge in [0, 0.05) is 19.3 Å². The molecule has 432 valence electrons. The fourth-order valence-electron chi connectivity index (χ4n) is 8.56. The van der Waals surface area contributed by atoms with Gasteiger partial charge in [0.1, 0.15) is 13.2 Å². The molecule has 0 saturated heterocycles. The van der Waals surface area contributed by atoms with Crippen molar-refractivity contribution < 1.29 is 28.6 Å². The van der Waals surface area contributed by atoms with E-state index in [0.717, 1.165) is 116 Å². The number of unbranched alkanes of at least 4 members (excludes halogenated alkanes) is 25. The van der Waals surface area contributed by atoms with E-state index in [-0.39, 0.29) is 37.5 Å². The highest BCUT2D eigenvalue weighted by atomic mass is 16.6. The molecule has 0 aromatic heterocycles. The standard InChI is InChI=1S/C70H116O6/c1-4-7-10-13-16-19-22-25-27-29-31-33-35-37-38-40-42-45-48-51-54-57-60-63-69(72)75-66-67(65-74-68(71)62-59-56-53-50-47-44-24-21-18-15-12-9-6-3)76-70(73)64-61-58-55-52-49-46-43-41-39-36-34-32-30-28-26-23-20-17-14-11-8-5-2/h7,9-10,12,16,18-19,21,25,27,31,33,37-38,42,44-45,47,51,54,67H,4-6,8,11,13-15,17,20,22-24,26,28-30,32,34-36,39-41,43,46,48-50,52-53,55-66H2,1-3H3/b10-7-,12-9-,19-16-,21-18-,27-25-,33-31-,38-37-,45-42-,47-44-,54-51-. The summed E-state index contributed by atoms with van der Waals surface area (Å²) >= 11 is 0. The monoisotopic (exact) mass is 1050 g/mol. The van der Waals surface area contributed by atoms with Crippen LogP contribution in [-0.2, 0) is 28.6 Å². The fourth-order valence-corrected chi connectivity index (χ4v) is 8.56. The number of allylic oxidation sites excluding steroid dienone is 20. The van der Waals surface area contributed by atoms with E-state index in [1.54, 1.807) is 0 Å². The third-order valence-corrected chi connectivity index (χ3v) is 13.2. The molecule has 1 unspecified atom stereocenters. The van der Waals surface area contributed by atoms with Gasteiger partial charge in [0.2, 0.25) is 0 Å². The van der Waals surface area contributed by atoms with E-state index in [1.807, 2.05) is 0 Å². The molecule has 76 heavy (non-hydrogen) atoms. The van der Waals surface area contributed by atoms with Crippen molar-refractivity contribution in [3.63, 3.8) is 0 Å². The smallest absolute Gasteiger partial charge is 0.306 e. The number of ether oxygens (including phenoxy) is 3. The van der Waals surface area contributed by atoms with Crippen LogP contribution in [0.25, 0.3) is 0 Å². The Kier molecular flexibility index (Phi) is 59.9. The first-order valence-corrected chi connectivity index (χ1v) is 31.5. The van der Waals surface area contributed by atoms with Gasteiger partial charge in [0.05, 0.1) is 0 Å². The van der Waals surface area contributed by atoms with Crippen molar-refractivity contribution in [2.45, 2.75) is 290 Å². The molecular weight excluding hydrogens is 937 g/mol. The summed E-state index contributed by atoms with van der Waals surface area (Å²) in [6.07, 6.45) is 87.9. The Morgan fingerprint density at radius 1 is 0.276 bits per heavy atom. The molecule has 0 radical (unpaired) electrons. The van der Waals surface area contributed by atoms with E-state index < -0.39 is 6.10 Å². The average Bonchev–Trinajstić information content (AvgIpc) is 3.42. The van der Waals surface area contributed by atoms with Gasteiger partial charge in [-0.05, 0) is 103 Å². The molecule has 0 heterocycles. The molecule has 0 amide bonds. The Morgan fingerprint density at radius 2 is 0.526 bits per heavy atom. The van der Waals surface area contributed by atoms with Crippen molar-refractivity contribution in [2.75, 3.05) is 13.2 Å². The second-order valence-corrected chi connectivity index (χ2v) is 20.6. The zero-order valence-electron chi connectivity index (χ0n) is 49.5. The van der Waals surface area contributed by atoms with Gasteiger partial charge in [-0.2, -0.15) is 0 Å². The van der Waals surface area contributed by atoms with Crippen molar-refractivity contribution in [3.8, 4) is 0 Å². The molecule has 0 aliphatic heterocycles. The highest BCUT2D eigenvalue weighted by Crippen LogP contribution is 2.16. The van der Waals surface area contributed by atoms with Gasteiger partial charge in [-0.3, -0.25) is 14.4 Å². The van der Waals surface area contributed by atoms with Gasteiger partial charge >= 0.3 is 17.9 Å². The van der Waals surface area contributed by atoms with Gasteiger partial charge in [0.25, 0.3) is 0 Å². The lowest BCUT2D eigenvalue weighted by atomic mass is 10.0. The highest BCUT2D eigenvalue weighted by Gasteiger charge is 2.19. The van der Waals surface area contributed by atoms with Crippen LogP contribution in [0.1, 0.15) is 284 Å². The third-order valence-electron chi connectivity index (χ3n) is 13.2. The first-order chi connectivity index (χ1) is 37.5. The van der Waals surface area contributed by atoms with Crippen LogP contribution in [0.15, 0.2) is 122 Å². The predicted molar refractivity (Wildman–Crippen MR) is 330 cm³/mol. The second-order valence-electron chi connectivity index (χ2n) is 20.6. The van der Waals surface area contributed by atoms with E-state index >= 15 is 0 Å². The number of rotatable bonds is 56. The number of esters is 3. The van der Waals surface area contributed by atoms with Gasteiger partial charge in [0.15, 0.2) is 6.10 Å². The van der Waals surface area contributed by atoms with Crippen LogP contribution in [0.4, 0.5) is 0 Å². The Bertz CT molecular complexity index is 1590. The van der Waals surface area contributed by atoms with E-state index in [9.17, 15) is 14.4 Å². The predicted octanol–water partition coefficient (Wildman–Crippen LogP) is 21.6. The van der Waals surface area contributed by atoms with Crippen LogP contribution >= 0.6 is 0 Å². The molecule has 6 nitrogen and oxygen atoms in total. The van der Waals surface area contributed by atoms with Gasteiger partial charge in [-0.1, -0.05) is 284 Å². The summed E-state index contributed by atoms with van der Waals surface area (Å²) < 4.78 is 16.8. The molecular formula is C70H116O6. The minimum absolute atomic E-state index is 0.112. The SMILES string of the molecule is CC/C=C\C/C=C\C/C=C\C/C=C\C/C=C\C/C=C\C/C=C\CCCC(=O)OCC(COC(=O)CCCCC/C=C\C/C=C\C/C=C\CC)OC(=O)CCCCCCCCCCCCCCCCCCCCCCCC. The lowest BCUT2D eigenvalue weighted by molar-refractivity contribution is -0.167. The summed E-state index contributed by atoms with van der Waals surface area (Å²) in [5.41, 5.74) is 0. The molecule has 0 aliphatic rings. The van der Waals surface area contributed by atoms with Crippen LogP contribution in [0, 0.1) is 0 Å². The Labute approximate surface area is 469 Å². The first-order valence-electron chi connectivity index (χ1n) is 31.5. The molecule has 0 fully saturated rings. The largest absolute Gasteiger partial charge is 0.462 e. The summed E-state index contributed by atoms with van der Waals surface area (Å²) in [5.74, 6) is -0.994. The maximum atomic E-state index is 12.9. The molecule has 0 spiro atoms. The molecule has 0 bridgehead atoms. The maximum absolute atomic E-state index is 12.9. The van der Waals surface area contributed by atoms with Crippen LogP contribution in [0.5, 0.6) is 0 Å². The minimum atomic E-state index is -0.816. The number of carbonyl (C=O) groups excluding carboxylic acids is 3. The summed E-state index contributed by atoms with van der Waals surface area (Å²) in [6, 6.07) is 0. The molecule has 0 saturated carbocycles. The minimum Gasteiger partial charge on any atom is -0.462 e. The van der Waals surface area contributed by atoms with E-state index in [2.05, 4.69) is 142 Å². The quantitative estimate of drug-likeness (QED) is 0.0261. The normalized spacial score (nSPS) is 12.9. The topological polar surface area (TPSA) is 78.9 Å². The van der Waals surface area contributed by atoms with E-state index in [0.29, 0.717) is 19.3 Å². The van der Waals surface area contributed by atoms with Crippen LogP contribution < -0.4 is 0 Å². The molecule has 0 N–H and O–H groups in total. The fraction of sp³-hybridized carbons (Fsp3) is 0.671. The maximum Gasteiger partial charge on any atom is 0.306 e. The molecule has 0 aromatic carbocycles. The number of carbonyl (C=O) groups is 3. The number of hydrogen-bond donors (Lipinski definition) is 0. The Morgan fingerprint density at radius 3 is 0.855 bits per heavy atom. The lowest BCUT2D eigenvalue weighted by Gasteiger charge is -2.18. The lowest BCUT2D eigenvalue weighted by Crippen LogP contribution is -2.30. The summed E-state index contributed by atoms with van der Waals surface area (Å²) in [4.78, 5) is 38.2. The third kappa shape index (κ3) is 60.7. The van der Waals surface area contributed by atoms with Gasteiger partial charge in [-0.15, -0.1) is 0 Å². The van der Waals surface area contributed by atoms with Crippen LogP contribution in [0.2, 0.25) is 0 Å². The summed E-state index contributed by atoms with van der Waals surface area (Å²) in [7, 11) is 0. The van der Waals surface area contributed by atoms with E-state index in [1.165, 1.54) is 122 Å². The Hall–Kier alpha value is -4.19. The zero-order valence-corrected chi connectivity index (χ0v) is 49.5.